The number of carbonyl (C=O) groups is 2. The molecule has 0 aliphatic carbocycles. The lowest BCUT2D eigenvalue weighted by Gasteiger charge is -2.22. The molecule has 9 N–H and O–H groups in total. The Hall–Kier alpha value is -1.02. The zero-order chi connectivity index (χ0) is 18.7. The Balaban J connectivity index is 0. The van der Waals surface area contributed by atoms with Crippen LogP contribution in [0.5, 0.6) is 0 Å². The van der Waals surface area contributed by atoms with E-state index in [-0.39, 0.29) is 12.6 Å². The molecule has 0 rings (SSSR count). The predicted molar refractivity (Wildman–Crippen MR) is 72.9 cm³/mol. The number of hydrogen-bond acceptors (Lipinski definition) is 11. The number of rotatable bonds is 9. The summed E-state index contributed by atoms with van der Waals surface area (Å²) in [4.78, 5) is 19.8. The van der Waals surface area contributed by atoms with Crippen LogP contribution in [0.15, 0.2) is 0 Å². The van der Waals surface area contributed by atoms with Gasteiger partial charge in [-0.2, -0.15) is 0 Å². The highest BCUT2D eigenvalue weighted by Crippen LogP contribution is 2.03. The van der Waals surface area contributed by atoms with Crippen molar-refractivity contribution in [1.29, 1.82) is 0 Å². The Labute approximate surface area is 131 Å². The molecule has 0 radical (unpaired) electrons. The molecule has 0 unspecified atom stereocenters. The van der Waals surface area contributed by atoms with Gasteiger partial charge in [-0.1, -0.05) is 0 Å². The third-order valence-corrected chi connectivity index (χ3v) is 2.75. The van der Waals surface area contributed by atoms with E-state index in [1.807, 2.05) is 0 Å². The fourth-order valence-electron chi connectivity index (χ4n) is 1.19. The summed E-state index contributed by atoms with van der Waals surface area (Å²) in [6, 6.07) is 0. The van der Waals surface area contributed by atoms with Gasteiger partial charge in [-0.15, -0.1) is 0 Å². The summed E-state index contributed by atoms with van der Waals surface area (Å²) in [6.07, 6.45) is -12.7. The molecule has 23 heavy (non-hydrogen) atoms. The highest BCUT2D eigenvalue weighted by atomic mass is 16.4. The SMILES string of the molecule is C[C@@H](O)[C@H](O)[C@H](O)[C@@H](O)C=O.O=C[C@H](O)[C@@H](O)[C@@H](O)[C@H](O)CO. The first-order chi connectivity index (χ1) is 10.5. The predicted octanol–water partition coefficient (Wildman–Crippen LogP) is -5.73. The van der Waals surface area contributed by atoms with Crippen molar-refractivity contribution in [2.45, 2.75) is 55.8 Å². The van der Waals surface area contributed by atoms with Crippen molar-refractivity contribution in [1.82, 2.24) is 0 Å². The number of aldehydes is 2. The average molecular weight is 344 g/mol. The quantitative estimate of drug-likeness (QED) is 0.179. The maximum atomic E-state index is 9.90. The van der Waals surface area contributed by atoms with Crippen LogP contribution in [0.3, 0.4) is 0 Å². The van der Waals surface area contributed by atoms with Gasteiger partial charge < -0.3 is 55.5 Å². The summed E-state index contributed by atoms with van der Waals surface area (Å²) in [5.74, 6) is 0. The molecule has 0 amide bonds. The molecule has 0 fully saturated rings. The van der Waals surface area contributed by atoms with Gasteiger partial charge in [0.25, 0.3) is 0 Å². The molecule has 0 aromatic carbocycles. The van der Waals surface area contributed by atoms with Crippen molar-refractivity contribution in [2.24, 2.45) is 0 Å². The third kappa shape index (κ3) is 9.00. The molecule has 11 heteroatoms. The molecule has 0 aliphatic heterocycles. The second kappa shape index (κ2) is 12.4. The van der Waals surface area contributed by atoms with E-state index in [9.17, 15) is 9.59 Å². The minimum atomic E-state index is -1.79. The van der Waals surface area contributed by atoms with Gasteiger partial charge in [-0.25, -0.2) is 0 Å². The zero-order valence-electron chi connectivity index (χ0n) is 12.3. The maximum absolute atomic E-state index is 9.90. The van der Waals surface area contributed by atoms with Gasteiger partial charge in [0.1, 0.15) is 42.7 Å². The fourth-order valence-corrected chi connectivity index (χ4v) is 1.19. The highest BCUT2D eigenvalue weighted by molar-refractivity contribution is 5.57. The molecule has 0 heterocycles. The van der Waals surface area contributed by atoms with Crippen molar-refractivity contribution in [3.63, 3.8) is 0 Å². The monoisotopic (exact) mass is 344 g/mol. The van der Waals surface area contributed by atoms with E-state index in [2.05, 4.69) is 0 Å². The Kier molecular flexibility index (Phi) is 13.1. The summed E-state index contributed by atoms with van der Waals surface area (Å²) in [7, 11) is 0. The molecule has 0 aromatic rings. The summed E-state index contributed by atoms with van der Waals surface area (Å²) in [5.41, 5.74) is 0. The second-order valence-electron chi connectivity index (χ2n) is 4.71. The van der Waals surface area contributed by atoms with Crippen LogP contribution in [-0.2, 0) is 9.59 Å². The minimum absolute atomic E-state index is 0.0258. The van der Waals surface area contributed by atoms with Gasteiger partial charge in [0.15, 0.2) is 12.6 Å². The summed E-state index contributed by atoms with van der Waals surface area (Å²) in [6.45, 7) is 0.481. The van der Waals surface area contributed by atoms with Crippen LogP contribution in [0.25, 0.3) is 0 Å². The van der Waals surface area contributed by atoms with Crippen LogP contribution in [-0.4, -0.2) is 114 Å². The van der Waals surface area contributed by atoms with Crippen molar-refractivity contribution in [3.05, 3.63) is 0 Å². The summed E-state index contributed by atoms with van der Waals surface area (Å²) >= 11 is 0. The van der Waals surface area contributed by atoms with Crippen molar-refractivity contribution < 1.29 is 55.5 Å². The van der Waals surface area contributed by atoms with Crippen molar-refractivity contribution >= 4 is 12.6 Å². The first-order valence-electron chi connectivity index (χ1n) is 6.51. The lowest BCUT2D eigenvalue weighted by Crippen LogP contribution is -2.46. The van der Waals surface area contributed by atoms with E-state index in [4.69, 9.17) is 46.0 Å². The highest BCUT2D eigenvalue weighted by Gasteiger charge is 2.29. The third-order valence-electron chi connectivity index (χ3n) is 2.75. The molecule has 0 saturated carbocycles. The number of aliphatic hydroxyl groups is 9. The van der Waals surface area contributed by atoms with Crippen LogP contribution in [0.1, 0.15) is 6.92 Å². The van der Waals surface area contributed by atoms with Gasteiger partial charge in [0.05, 0.1) is 12.7 Å². The normalized spacial score (nSPS) is 21.5. The van der Waals surface area contributed by atoms with Crippen LogP contribution < -0.4 is 0 Å². The van der Waals surface area contributed by atoms with Crippen molar-refractivity contribution in [3.8, 4) is 0 Å². The lowest BCUT2D eigenvalue weighted by molar-refractivity contribution is -0.136. The average Bonchev–Trinajstić information content (AvgIpc) is 2.56. The molecule has 0 spiro atoms. The van der Waals surface area contributed by atoms with Gasteiger partial charge in [0.2, 0.25) is 0 Å². The molecule has 11 nitrogen and oxygen atoms in total. The van der Waals surface area contributed by atoms with Gasteiger partial charge in [-0.05, 0) is 6.92 Å². The van der Waals surface area contributed by atoms with E-state index in [0.717, 1.165) is 0 Å². The number of carbonyl (C=O) groups excluding carboxylic acids is 2. The fraction of sp³-hybridized carbons (Fsp3) is 0.833. The molecule has 0 aliphatic rings. The smallest absolute Gasteiger partial charge is 0.151 e. The number of hydrogen-bond donors (Lipinski definition) is 9. The van der Waals surface area contributed by atoms with E-state index in [1.54, 1.807) is 0 Å². The van der Waals surface area contributed by atoms with Gasteiger partial charge in [-0.3, -0.25) is 0 Å². The molecular formula is C12H24O11. The van der Waals surface area contributed by atoms with Crippen LogP contribution >= 0.6 is 0 Å². The topological polar surface area (TPSA) is 216 Å². The maximum Gasteiger partial charge on any atom is 0.151 e. The molecule has 0 bridgehead atoms. The Morgan fingerprint density at radius 2 is 1.04 bits per heavy atom. The summed E-state index contributed by atoms with van der Waals surface area (Å²) < 4.78 is 0. The second-order valence-corrected chi connectivity index (χ2v) is 4.71. The van der Waals surface area contributed by atoms with E-state index >= 15 is 0 Å². The molecule has 0 aromatic heterocycles. The Morgan fingerprint density at radius 3 is 1.30 bits per heavy atom. The first-order valence-corrected chi connectivity index (χ1v) is 6.51. The van der Waals surface area contributed by atoms with Gasteiger partial charge >= 0.3 is 0 Å². The van der Waals surface area contributed by atoms with E-state index in [0.29, 0.717) is 0 Å². The lowest BCUT2D eigenvalue weighted by atomic mass is 10.0. The van der Waals surface area contributed by atoms with Crippen LogP contribution in [0.4, 0.5) is 0 Å². The van der Waals surface area contributed by atoms with Crippen LogP contribution in [0.2, 0.25) is 0 Å². The molecule has 0 saturated heterocycles. The standard InChI is InChI=1S/C6H12O6.C6H12O5/c7-1-3(9)5(11)6(12)4(10)2-8;1-3(8)5(10)6(11)4(9)2-7/h1,3-6,8-12H,2H2;2-6,8-11H,1H3/t2*3-,4+,5+,6-/m01/s1. The van der Waals surface area contributed by atoms with Crippen molar-refractivity contribution in [2.75, 3.05) is 6.61 Å². The zero-order valence-corrected chi connectivity index (χ0v) is 12.3. The Morgan fingerprint density at radius 1 is 0.696 bits per heavy atom. The first kappa shape index (κ1) is 24.2. The number of aliphatic hydroxyl groups excluding tert-OH is 9. The molecule has 138 valence electrons. The van der Waals surface area contributed by atoms with Crippen LogP contribution in [0, 0.1) is 0 Å². The van der Waals surface area contributed by atoms with Gasteiger partial charge in [0, 0.05) is 0 Å². The van der Waals surface area contributed by atoms with E-state index in [1.165, 1.54) is 6.92 Å². The summed E-state index contributed by atoms with van der Waals surface area (Å²) in [5, 5.41) is 78.6. The minimum Gasteiger partial charge on any atom is -0.394 e. The molecule has 8 atom stereocenters. The largest absolute Gasteiger partial charge is 0.394 e. The Bertz CT molecular complexity index is 324. The molecular weight excluding hydrogens is 320 g/mol. The van der Waals surface area contributed by atoms with E-state index < -0.39 is 55.4 Å².